The topological polar surface area (TPSA) is 84.0 Å². The highest BCUT2D eigenvalue weighted by atomic mass is 32.2. The minimum atomic E-state index is -0.514. The third-order valence-corrected chi connectivity index (χ3v) is 6.82. The zero-order valence-corrected chi connectivity index (χ0v) is 17.6. The summed E-state index contributed by atoms with van der Waals surface area (Å²) in [4.78, 5) is 23.0. The quantitative estimate of drug-likeness (QED) is 0.674. The highest BCUT2D eigenvalue weighted by molar-refractivity contribution is 8.03. The maximum Gasteiger partial charge on any atom is 0.321 e. The Labute approximate surface area is 165 Å². The fourth-order valence-corrected chi connectivity index (χ4v) is 5.05. The molecule has 3 amide bonds. The lowest BCUT2D eigenvalue weighted by atomic mass is 10.0. The van der Waals surface area contributed by atoms with E-state index < -0.39 is 11.3 Å². The smallest absolute Gasteiger partial charge is 0.321 e. The SMILES string of the molecule is CNC(=O)NC(=O)C(C)Sc1nnc(SCc2ccc(C(C)C)cc2)s1. The fraction of sp³-hybridized carbons (Fsp3) is 0.412. The number of aromatic nitrogens is 2. The van der Waals surface area contributed by atoms with E-state index >= 15 is 0 Å². The van der Waals surface area contributed by atoms with Crippen molar-refractivity contribution in [2.24, 2.45) is 0 Å². The zero-order chi connectivity index (χ0) is 19.1. The number of hydrogen-bond acceptors (Lipinski definition) is 7. The van der Waals surface area contributed by atoms with E-state index in [9.17, 15) is 9.59 Å². The maximum atomic E-state index is 11.9. The average Bonchev–Trinajstić information content (AvgIpc) is 3.07. The van der Waals surface area contributed by atoms with E-state index in [1.807, 2.05) is 0 Å². The van der Waals surface area contributed by atoms with Crippen LogP contribution in [0.3, 0.4) is 0 Å². The molecule has 0 bridgehead atoms. The number of carbonyl (C=O) groups excluding carboxylic acids is 2. The van der Waals surface area contributed by atoms with Crippen LogP contribution in [0.1, 0.15) is 37.8 Å². The van der Waals surface area contributed by atoms with Gasteiger partial charge in [0.25, 0.3) is 0 Å². The van der Waals surface area contributed by atoms with Crippen LogP contribution in [0.2, 0.25) is 0 Å². The lowest BCUT2D eigenvalue weighted by molar-refractivity contribution is -0.119. The number of amides is 3. The second-order valence-electron chi connectivity index (χ2n) is 5.85. The van der Waals surface area contributed by atoms with Crippen molar-refractivity contribution in [3.8, 4) is 0 Å². The van der Waals surface area contributed by atoms with E-state index in [1.54, 1.807) is 18.7 Å². The predicted octanol–water partition coefficient (Wildman–Crippen LogP) is 3.89. The minimum absolute atomic E-state index is 0.357. The highest BCUT2D eigenvalue weighted by Crippen LogP contribution is 2.32. The van der Waals surface area contributed by atoms with Crippen molar-refractivity contribution in [1.29, 1.82) is 0 Å². The third kappa shape index (κ3) is 6.30. The molecule has 1 aromatic carbocycles. The first-order valence-corrected chi connectivity index (χ1v) is 10.8. The molecular weight excluding hydrogens is 388 g/mol. The van der Waals surface area contributed by atoms with Gasteiger partial charge in [-0.05, 0) is 24.0 Å². The molecule has 26 heavy (non-hydrogen) atoms. The standard InChI is InChI=1S/C17H22N4O2S3/c1-10(2)13-7-5-12(6-8-13)9-24-16-20-21-17(26-16)25-11(3)14(22)19-15(23)18-4/h5-8,10-11H,9H2,1-4H3,(H2,18,19,22,23). The van der Waals surface area contributed by atoms with Gasteiger partial charge < -0.3 is 5.32 Å². The molecular formula is C17H22N4O2S3. The molecule has 0 aliphatic carbocycles. The Morgan fingerprint density at radius 3 is 2.38 bits per heavy atom. The lowest BCUT2D eigenvalue weighted by Crippen LogP contribution is -2.41. The first kappa shape index (κ1) is 20.7. The number of imide groups is 1. The molecule has 0 saturated heterocycles. The summed E-state index contributed by atoms with van der Waals surface area (Å²) in [6.45, 7) is 6.09. The van der Waals surface area contributed by atoms with E-state index in [2.05, 4.69) is 58.9 Å². The van der Waals surface area contributed by atoms with Crippen LogP contribution in [0.5, 0.6) is 0 Å². The van der Waals surface area contributed by atoms with Gasteiger partial charge in [0.05, 0.1) is 5.25 Å². The van der Waals surface area contributed by atoms with E-state index in [0.717, 1.165) is 10.1 Å². The second-order valence-corrected chi connectivity index (χ2v) is 9.64. The van der Waals surface area contributed by atoms with Gasteiger partial charge in [-0.3, -0.25) is 10.1 Å². The molecule has 1 aromatic heterocycles. The van der Waals surface area contributed by atoms with Crippen LogP contribution in [-0.2, 0) is 10.5 Å². The van der Waals surface area contributed by atoms with Gasteiger partial charge >= 0.3 is 6.03 Å². The molecule has 0 radical (unpaired) electrons. The molecule has 1 unspecified atom stereocenters. The molecule has 1 heterocycles. The Morgan fingerprint density at radius 1 is 1.12 bits per heavy atom. The summed E-state index contributed by atoms with van der Waals surface area (Å²) in [5.74, 6) is 0.996. The van der Waals surface area contributed by atoms with Crippen molar-refractivity contribution >= 4 is 46.8 Å². The highest BCUT2D eigenvalue weighted by Gasteiger charge is 2.19. The van der Waals surface area contributed by atoms with Crippen molar-refractivity contribution in [3.63, 3.8) is 0 Å². The van der Waals surface area contributed by atoms with Crippen LogP contribution in [0.25, 0.3) is 0 Å². The van der Waals surface area contributed by atoms with Crippen molar-refractivity contribution < 1.29 is 9.59 Å². The van der Waals surface area contributed by atoms with Crippen LogP contribution in [0.4, 0.5) is 4.79 Å². The summed E-state index contributed by atoms with van der Waals surface area (Å²) in [5, 5.41) is 12.5. The van der Waals surface area contributed by atoms with E-state index in [4.69, 9.17) is 0 Å². The average molecular weight is 411 g/mol. The number of benzene rings is 1. The van der Waals surface area contributed by atoms with Crippen LogP contribution in [0, 0.1) is 0 Å². The summed E-state index contributed by atoms with van der Waals surface area (Å²) in [5.41, 5.74) is 2.57. The lowest BCUT2D eigenvalue weighted by Gasteiger charge is -2.08. The molecule has 140 valence electrons. The number of hydrogen-bond donors (Lipinski definition) is 2. The zero-order valence-electron chi connectivity index (χ0n) is 15.1. The number of rotatable bonds is 7. The summed E-state index contributed by atoms with van der Waals surface area (Å²) in [6.07, 6.45) is 0. The molecule has 2 aromatic rings. The molecule has 1 atom stereocenters. The first-order chi connectivity index (χ1) is 12.4. The second kappa shape index (κ2) is 9.94. The first-order valence-electron chi connectivity index (χ1n) is 8.13. The molecule has 0 aliphatic rings. The van der Waals surface area contributed by atoms with E-state index in [-0.39, 0.29) is 5.91 Å². The third-order valence-electron chi connectivity index (χ3n) is 3.51. The van der Waals surface area contributed by atoms with Gasteiger partial charge in [-0.25, -0.2) is 4.79 Å². The Kier molecular flexibility index (Phi) is 7.92. The van der Waals surface area contributed by atoms with E-state index in [0.29, 0.717) is 10.3 Å². The van der Waals surface area contributed by atoms with Gasteiger partial charge in [-0.2, -0.15) is 0 Å². The minimum Gasteiger partial charge on any atom is -0.341 e. The molecule has 2 rings (SSSR count). The van der Waals surface area contributed by atoms with Crippen LogP contribution >= 0.6 is 34.9 Å². The van der Waals surface area contributed by atoms with Gasteiger partial charge in [-0.1, -0.05) is 73.0 Å². The molecule has 6 nitrogen and oxygen atoms in total. The van der Waals surface area contributed by atoms with Gasteiger partial charge in [0, 0.05) is 12.8 Å². The predicted molar refractivity (Wildman–Crippen MR) is 108 cm³/mol. The number of urea groups is 1. The van der Waals surface area contributed by atoms with E-state index in [1.165, 1.54) is 41.3 Å². The molecule has 0 fully saturated rings. The number of nitrogens with one attached hydrogen (secondary N) is 2. The fourth-order valence-electron chi connectivity index (χ4n) is 1.93. The van der Waals surface area contributed by atoms with Gasteiger partial charge in [0.15, 0.2) is 8.68 Å². The normalized spacial score (nSPS) is 12.0. The Morgan fingerprint density at radius 2 is 1.77 bits per heavy atom. The molecule has 0 spiro atoms. The summed E-state index contributed by atoms with van der Waals surface area (Å²) in [7, 11) is 1.46. The van der Waals surface area contributed by atoms with Gasteiger partial charge in [-0.15, -0.1) is 10.2 Å². The molecule has 0 aliphatic heterocycles. The van der Waals surface area contributed by atoms with Crippen LogP contribution in [-0.4, -0.2) is 34.4 Å². The number of nitrogens with zero attached hydrogens (tertiary/aromatic N) is 2. The van der Waals surface area contributed by atoms with Crippen molar-refractivity contribution in [3.05, 3.63) is 35.4 Å². The summed E-state index contributed by atoms with van der Waals surface area (Å²) >= 11 is 4.37. The largest absolute Gasteiger partial charge is 0.341 e. The van der Waals surface area contributed by atoms with Crippen molar-refractivity contribution in [2.45, 2.75) is 46.4 Å². The van der Waals surface area contributed by atoms with Crippen LogP contribution < -0.4 is 10.6 Å². The summed E-state index contributed by atoms with van der Waals surface area (Å²) in [6, 6.07) is 8.09. The molecule has 0 saturated carbocycles. The summed E-state index contributed by atoms with van der Waals surface area (Å²) < 4.78 is 1.57. The van der Waals surface area contributed by atoms with Crippen LogP contribution in [0.15, 0.2) is 32.9 Å². The maximum absolute atomic E-state index is 11.9. The number of carbonyl (C=O) groups is 2. The van der Waals surface area contributed by atoms with Gasteiger partial charge in [0.1, 0.15) is 0 Å². The Hall–Kier alpha value is -1.58. The number of thioether (sulfide) groups is 2. The molecule has 2 N–H and O–H groups in total. The molecule has 9 heteroatoms. The Balaban J connectivity index is 1.85. The van der Waals surface area contributed by atoms with Crippen molar-refractivity contribution in [1.82, 2.24) is 20.8 Å². The van der Waals surface area contributed by atoms with Gasteiger partial charge in [0.2, 0.25) is 5.91 Å². The monoisotopic (exact) mass is 410 g/mol. The Bertz CT molecular complexity index is 747. The van der Waals surface area contributed by atoms with Crippen molar-refractivity contribution in [2.75, 3.05) is 7.05 Å².